The predicted molar refractivity (Wildman–Crippen MR) is 55.9 cm³/mol. The molecule has 0 unspecified atom stereocenters. The van der Waals surface area contributed by atoms with Crippen LogP contribution >= 0.6 is 11.8 Å². The Morgan fingerprint density at radius 2 is 2.21 bits per heavy atom. The summed E-state index contributed by atoms with van der Waals surface area (Å²) in [7, 11) is 1.48. The number of hydrogen-bond acceptors (Lipinski definition) is 5. The second kappa shape index (κ2) is 5.59. The molecule has 0 aliphatic carbocycles. The van der Waals surface area contributed by atoms with E-state index in [4.69, 9.17) is 4.74 Å². The van der Waals surface area contributed by atoms with Crippen LogP contribution in [0.2, 0.25) is 0 Å². The SMILES string of the molecule is COc1nccnc1C(=O)CCSC. The lowest BCUT2D eigenvalue weighted by Gasteiger charge is -2.03. The zero-order valence-electron chi connectivity index (χ0n) is 8.19. The second-order valence-electron chi connectivity index (χ2n) is 2.58. The first kappa shape index (κ1) is 11.0. The van der Waals surface area contributed by atoms with Gasteiger partial charge in [-0.15, -0.1) is 0 Å². The van der Waals surface area contributed by atoms with Crippen LogP contribution in [0.15, 0.2) is 12.4 Å². The van der Waals surface area contributed by atoms with E-state index >= 15 is 0 Å². The minimum absolute atomic E-state index is 0.0238. The molecule has 1 aromatic heterocycles. The Morgan fingerprint density at radius 1 is 1.50 bits per heavy atom. The third-order valence-electron chi connectivity index (χ3n) is 1.66. The number of thioether (sulfide) groups is 1. The third kappa shape index (κ3) is 2.70. The molecule has 0 N–H and O–H groups in total. The molecular formula is C9H12N2O2S. The molecule has 1 heterocycles. The Bertz CT molecular complexity index is 317. The number of ether oxygens (including phenoxy) is 1. The summed E-state index contributed by atoms with van der Waals surface area (Å²) in [5, 5.41) is 0. The quantitative estimate of drug-likeness (QED) is 0.691. The highest BCUT2D eigenvalue weighted by molar-refractivity contribution is 7.98. The van der Waals surface area contributed by atoms with Gasteiger partial charge in [0.1, 0.15) is 0 Å². The van der Waals surface area contributed by atoms with Gasteiger partial charge in [-0.2, -0.15) is 11.8 Å². The largest absolute Gasteiger partial charge is 0.479 e. The Labute approximate surface area is 87.1 Å². The van der Waals surface area contributed by atoms with Crippen molar-refractivity contribution in [3.8, 4) is 5.88 Å². The average Bonchev–Trinajstić information content (AvgIpc) is 2.25. The molecule has 0 spiro atoms. The summed E-state index contributed by atoms with van der Waals surface area (Å²) in [5.41, 5.74) is 0.323. The van der Waals surface area contributed by atoms with E-state index in [0.717, 1.165) is 5.75 Å². The monoisotopic (exact) mass is 212 g/mol. The van der Waals surface area contributed by atoms with Crippen LogP contribution in [0.4, 0.5) is 0 Å². The number of carbonyl (C=O) groups is 1. The molecule has 0 radical (unpaired) electrons. The molecule has 0 aliphatic heterocycles. The summed E-state index contributed by atoms with van der Waals surface area (Å²) in [5.74, 6) is 1.07. The summed E-state index contributed by atoms with van der Waals surface area (Å²) in [6.07, 6.45) is 5.43. The number of hydrogen-bond donors (Lipinski definition) is 0. The van der Waals surface area contributed by atoms with E-state index < -0.39 is 0 Å². The van der Waals surface area contributed by atoms with E-state index in [1.165, 1.54) is 19.5 Å². The van der Waals surface area contributed by atoms with Crippen molar-refractivity contribution in [3.05, 3.63) is 18.1 Å². The number of Topliss-reactive ketones (excluding diaryl/α,β-unsaturated/α-hetero) is 1. The van der Waals surface area contributed by atoms with Crippen LogP contribution in [0.3, 0.4) is 0 Å². The first-order valence-corrected chi connectivity index (χ1v) is 5.56. The molecule has 76 valence electrons. The Morgan fingerprint density at radius 3 is 2.86 bits per heavy atom. The minimum Gasteiger partial charge on any atom is -0.479 e. The van der Waals surface area contributed by atoms with Gasteiger partial charge in [-0.05, 0) is 6.26 Å². The zero-order valence-corrected chi connectivity index (χ0v) is 9.00. The number of aromatic nitrogens is 2. The lowest BCUT2D eigenvalue weighted by Crippen LogP contribution is -2.07. The molecule has 1 rings (SSSR count). The third-order valence-corrected chi connectivity index (χ3v) is 2.27. The molecule has 0 bridgehead atoms. The standard InChI is InChI=1S/C9H12N2O2S/c1-13-9-8(10-4-5-11-9)7(12)3-6-14-2/h4-5H,3,6H2,1-2H3. The fraction of sp³-hybridized carbons (Fsp3) is 0.444. The Kier molecular flexibility index (Phi) is 4.39. The molecule has 0 aromatic carbocycles. The Balaban J connectivity index is 2.78. The van der Waals surface area contributed by atoms with Gasteiger partial charge in [0, 0.05) is 24.6 Å². The van der Waals surface area contributed by atoms with Crippen LogP contribution < -0.4 is 4.74 Å². The number of carbonyl (C=O) groups excluding carboxylic acids is 1. The number of rotatable bonds is 5. The number of nitrogens with zero attached hydrogens (tertiary/aromatic N) is 2. The topological polar surface area (TPSA) is 52.1 Å². The molecule has 0 saturated carbocycles. The Hall–Kier alpha value is -1.10. The highest BCUT2D eigenvalue weighted by Crippen LogP contribution is 2.13. The van der Waals surface area contributed by atoms with Crippen LogP contribution in [0.5, 0.6) is 5.88 Å². The van der Waals surface area contributed by atoms with E-state index in [9.17, 15) is 4.79 Å². The molecule has 4 nitrogen and oxygen atoms in total. The maximum absolute atomic E-state index is 11.6. The van der Waals surface area contributed by atoms with Crippen LogP contribution in [-0.2, 0) is 0 Å². The molecule has 0 fully saturated rings. The molecule has 0 saturated heterocycles. The molecular weight excluding hydrogens is 200 g/mol. The lowest BCUT2D eigenvalue weighted by atomic mass is 10.2. The normalized spacial score (nSPS) is 9.86. The predicted octanol–water partition coefficient (Wildman–Crippen LogP) is 1.42. The number of ketones is 1. The second-order valence-corrected chi connectivity index (χ2v) is 3.57. The van der Waals surface area contributed by atoms with Crippen molar-refractivity contribution in [2.24, 2.45) is 0 Å². The highest BCUT2D eigenvalue weighted by atomic mass is 32.2. The first-order valence-electron chi connectivity index (χ1n) is 4.16. The van der Waals surface area contributed by atoms with Gasteiger partial charge in [-0.25, -0.2) is 9.97 Å². The van der Waals surface area contributed by atoms with E-state index in [-0.39, 0.29) is 5.78 Å². The van der Waals surface area contributed by atoms with Crippen LogP contribution in [0.25, 0.3) is 0 Å². The van der Waals surface area contributed by atoms with E-state index in [1.807, 2.05) is 6.26 Å². The lowest BCUT2D eigenvalue weighted by molar-refractivity contribution is 0.0980. The van der Waals surface area contributed by atoms with Crippen molar-refractivity contribution in [1.82, 2.24) is 9.97 Å². The molecule has 0 amide bonds. The van der Waals surface area contributed by atoms with Gasteiger partial charge >= 0.3 is 0 Å². The van der Waals surface area contributed by atoms with Crippen LogP contribution in [-0.4, -0.2) is 34.9 Å². The molecule has 0 aliphatic rings. The van der Waals surface area contributed by atoms with Gasteiger partial charge < -0.3 is 4.74 Å². The molecule has 14 heavy (non-hydrogen) atoms. The van der Waals surface area contributed by atoms with Crippen LogP contribution in [0.1, 0.15) is 16.9 Å². The minimum atomic E-state index is -0.0238. The summed E-state index contributed by atoms with van der Waals surface area (Å²) in [6, 6.07) is 0. The van der Waals surface area contributed by atoms with E-state index in [1.54, 1.807) is 11.8 Å². The van der Waals surface area contributed by atoms with Crippen LogP contribution in [0, 0.1) is 0 Å². The summed E-state index contributed by atoms with van der Waals surface area (Å²) in [6.45, 7) is 0. The van der Waals surface area contributed by atoms with Crippen molar-refractivity contribution in [3.63, 3.8) is 0 Å². The van der Waals surface area contributed by atoms with Gasteiger partial charge in [-0.1, -0.05) is 0 Å². The number of methoxy groups -OCH3 is 1. The van der Waals surface area contributed by atoms with Crippen molar-refractivity contribution < 1.29 is 9.53 Å². The molecule has 1 aromatic rings. The highest BCUT2D eigenvalue weighted by Gasteiger charge is 2.13. The summed E-state index contributed by atoms with van der Waals surface area (Å²) in [4.78, 5) is 19.5. The smallest absolute Gasteiger partial charge is 0.243 e. The van der Waals surface area contributed by atoms with Crippen molar-refractivity contribution in [1.29, 1.82) is 0 Å². The zero-order chi connectivity index (χ0) is 10.4. The van der Waals surface area contributed by atoms with Gasteiger partial charge in [0.2, 0.25) is 5.88 Å². The summed E-state index contributed by atoms with van der Waals surface area (Å²) < 4.78 is 4.95. The van der Waals surface area contributed by atoms with Gasteiger partial charge in [-0.3, -0.25) is 4.79 Å². The first-order chi connectivity index (χ1) is 6.79. The van der Waals surface area contributed by atoms with Gasteiger partial charge in [0.05, 0.1) is 7.11 Å². The van der Waals surface area contributed by atoms with Gasteiger partial charge in [0.25, 0.3) is 0 Å². The average molecular weight is 212 g/mol. The fourth-order valence-electron chi connectivity index (χ4n) is 0.979. The van der Waals surface area contributed by atoms with E-state index in [0.29, 0.717) is 18.0 Å². The van der Waals surface area contributed by atoms with E-state index in [2.05, 4.69) is 9.97 Å². The summed E-state index contributed by atoms with van der Waals surface area (Å²) >= 11 is 1.63. The van der Waals surface area contributed by atoms with Gasteiger partial charge in [0.15, 0.2) is 11.5 Å². The van der Waals surface area contributed by atoms with Crippen molar-refractivity contribution in [2.45, 2.75) is 6.42 Å². The fourth-order valence-corrected chi connectivity index (χ4v) is 1.37. The maximum Gasteiger partial charge on any atom is 0.243 e. The van der Waals surface area contributed by atoms with Crippen molar-refractivity contribution in [2.75, 3.05) is 19.1 Å². The maximum atomic E-state index is 11.6. The molecule has 5 heteroatoms. The van der Waals surface area contributed by atoms with Crippen molar-refractivity contribution >= 4 is 17.5 Å². The molecule has 0 atom stereocenters.